The Kier molecular flexibility index (Phi) is 3.43. The van der Waals surface area contributed by atoms with Crippen molar-refractivity contribution in [2.24, 2.45) is 11.7 Å². The predicted molar refractivity (Wildman–Crippen MR) is 80.4 cm³/mol. The molecule has 0 fully saturated rings. The van der Waals surface area contributed by atoms with E-state index in [9.17, 15) is 0 Å². The number of aryl methyl sites for hydroxylation is 1. The van der Waals surface area contributed by atoms with Gasteiger partial charge in [-0.05, 0) is 24.5 Å². The van der Waals surface area contributed by atoms with Crippen molar-refractivity contribution < 1.29 is 0 Å². The van der Waals surface area contributed by atoms with Crippen molar-refractivity contribution >= 4 is 5.65 Å². The van der Waals surface area contributed by atoms with Crippen LogP contribution in [-0.2, 0) is 5.41 Å². The second-order valence-corrected chi connectivity index (χ2v) is 6.75. The van der Waals surface area contributed by atoms with E-state index in [1.54, 1.807) is 0 Å². The third kappa shape index (κ3) is 2.39. The van der Waals surface area contributed by atoms with Gasteiger partial charge in [0.05, 0.1) is 11.4 Å². The monoisotopic (exact) mass is 259 g/mol. The van der Waals surface area contributed by atoms with E-state index in [2.05, 4.69) is 64.3 Å². The summed E-state index contributed by atoms with van der Waals surface area (Å²) in [7, 11) is 0. The smallest absolute Gasteiger partial charge is 0.140 e. The van der Waals surface area contributed by atoms with Crippen LogP contribution in [0, 0.1) is 12.8 Å². The van der Waals surface area contributed by atoms with Gasteiger partial charge in [0.2, 0.25) is 0 Å². The van der Waals surface area contributed by atoms with Gasteiger partial charge in [-0.2, -0.15) is 0 Å². The SMILES string of the molecule is Cc1cccn2c(C(N)C(C)C)c(C(C)(C)C)nc12. The van der Waals surface area contributed by atoms with Crippen molar-refractivity contribution in [3.8, 4) is 0 Å². The maximum atomic E-state index is 6.44. The minimum atomic E-state index is 0.000301. The molecule has 0 saturated carbocycles. The van der Waals surface area contributed by atoms with Crippen LogP contribution >= 0.6 is 0 Å². The molecule has 2 N–H and O–H groups in total. The lowest BCUT2D eigenvalue weighted by atomic mass is 9.87. The zero-order chi connectivity index (χ0) is 14.4. The predicted octanol–water partition coefficient (Wildman–Crippen LogP) is 3.60. The molecule has 104 valence electrons. The maximum absolute atomic E-state index is 6.44. The molecule has 0 amide bonds. The Morgan fingerprint density at radius 1 is 1.26 bits per heavy atom. The van der Waals surface area contributed by atoms with Gasteiger partial charge >= 0.3 is 0 Å². The lowest BCUT2D eigenvalue weighted by Gasteiger charge is -2.23. The van der Waals surface area contributed by atoms with Crippen LogP contribution < -0.4 is 5.73 Å². The molecule has 19 heavy (non-hydrogen) atoms. The summed E-state index contributed by atoms with van der Waals surface area (Å²) in [6.45, 7) is 13.0. The molecule has 2 aromatic heterocycles. The lowest BCUT2D eigenvalue weighted by molar-refractivity contribution is 0.476. The van der Waals surface area contributed by atoms with Crippen molar-refractivity contribution in [2.75, 3.05) is 0 Å². The molecular formula is C16H25N3. The number of hydrogen-bond acceptors (Lipinski definition) is 2. The number of fused-ring (bicyclic) bond motifs is 1. The van der Waals surface area contributed by atoms with E-state index in [1.165, 1.54) is 5.56 Å². The average molecular weight is 259 g/mol. The highest BCUT2D eigenvalue weighted by atomic mass is 15.0. The molecule has 2 aromatic rings. The number of hydrogen-bond donors (Lipinski definition) is 1. The molecule has 3 nitrogen and oxygen atoms in total. The number of rotatable bonds is 2. The van der Waals surface area contributed by atoms with Gasteiger partial charge in [0, 0.05) is 17.7 Å². The number of aromatic nitrogens is 2. The van der Waals surface area contributed by atoms with Crippen LogP contribution in [0.25, 0.3) is 5.65 Å². The van der Waals surface area contributed by atoms with E-state index in [0.29, 0.717) is 5.92 Å². The molecule has 0 bridgehead atoms. The number of nitrogens with two attached hydrogens (primary N) is 1. The summed E-state index contributed by atoms with van der Waals surface area (Å²) in [5, 5.41) is 0. The highest BCUT2D eigenvalue weighted by Crippen LogP contribution is 2.32. The van der Waals surface area contributed by atoms with Crippen LogP contribution in [0.3, 0.4) is 0 Å². The van der Waals surface area contributed by atoms with Gasteiger partial charge in [0.1, 0.15) is 5.65 Å². The van der Waals surface area contributed by atoms with E-state index in [1.807, 2.05) is 0 Å². The quantitative estimate of drug-likeness (QED) is 0.895. The fourth-order valence-electron chi connectivity index (χ4n) is 2.41. The van der Waals surface area contributed by atoms with Crippen LogP contribution in [0.4, 0.5) is 0 Å². The summed E-state index contributed by atoms with van der Waals surface area (Å²) < 4.78 is 2.17. The van der Waals surface area contributed by atoms with Crippen LogP contribution in [-0.4, -0.2) is 9.38 Å². The summed E-state index contributed by atoms with van der Waals surface area (Å²) in [6.07, 6.45) is 2.07. The summed E-state index contributed by atoms with van der Waals surface area (Å²) in [6, 6.07) is 4.16. The fraction of sp³-hybridized carbons (Fsp3) is 0.562. The molecule has 0 aliphatic carbocycles. The second kappa shape index (κ2) is 4.64. The first-order valence-corrected chi connectivity index (χ1v) is 6.97. The van der Waals surface area contributed by atoms with Gasteiger partial charge in [-0.25, -0.2) is 4.98 Å². The van der Waals surface area contributed by atoms with Crippen LogP contribution in [0.1, 0.15) is 57.6 Å². The van der Waals surface area contributed by atoms with Crippen molar-refractivity contribution in [2.45, 2.75) is 53.0 Å². The van der Waals surface area contributed by atoms with Gasteiger partial charge in [-0.1, -0.05) is 40.7 Å². The molecule has 0 radical (unpaired) electrons. The van der Waals surface area contributed by atoms with Crippen molar-refractivity contribution in [1.29, 1.82) is 0 Å². The van der Waals surface area contributed by atoms with Gasteiger partial charge in [0.25, 0.3) is 0 Å². The highest BCUT2D eigenvalue weighted by Gasteiger charge is 2.28. The zero-order valence-corrected chi connectivity index (χ0v) is 12.9. The van der Waals surface area contributed by atoms with Crippen LogP contribution in [0.2, 0.25) is 0 Å². The fourth-order valence-corrected chi connectivity index (χ4v) is 2.41. The Morgan fingerprint density at radius 2 is 1.89 bits per heavy atom. The number of pyridine rings is 1. The number of imidazole rings is 1. The third-order valence-electron chi connectivity index (χ3n) is 3.63. The van der Waals surface area contributed by atoms with Gasteiger partial charge in [0.15, 0.2) is 0 Å². The van der Waals surface area contributed by atoms with Crippen molar-refractivity contribution in [3.63, 3.8) is 0 Å². The first-order chi connectivity index (χ1) is 8.73. The molecular weight excluding hydrogens is 234 g/mol. The third-order valence-corrected chi connectivity index (χ3v) is 3.63. The maximum Gasteiger partial charge on any atom is 0.140 e. The molecule has 0 aromatic carbocycles. The number of nitrogens with zero attached hydrogens (tertiary/aromatic N) is 2. The normalized spacial score (nSPS) is 14.3. The minimum Gasteiger partial charge on any atom is -0.322 e. The second-order valence-electron chi connectivity index (χ2n) is 6.75. The Balaban J connectivity index is 2.80. The molecule has 0 aliphatic rings. The van der Waals surface area contributed by atoms with Crippen molar-refractivity contribution in [3.05, 3.63) is 35.3 Å². The van der Waals surface area contributed by atoms with Gasteiger partial charge < -0.3 is 10.1 Å². The Labute approximate surface area is 115 Å². The largest absolute Gasteiger partial charge is 0.322 e. The molecule has 0 spiro atoms. The molecule has 1 unspecified atom stereocenters. The molecule has 3 heteroatoms. The Bertz CT molecular complexity index is 588. The van der Waals surface area contributed by atoms with E-state index in [0.717, 1.165) is 17.0 Å². The summed E-state index contributed by atoms with van der Waals surface area (Å²) >= 11 is 0. The van der Waals surface area contributed by atoms with E-state index < -0.39 is 0 Å². The Morgan fingerprint density at radius 3 is 2.42 bits per heavy atom. The topological polar surface area (TPSA) is 43.3 Å². The van der Waals surface area contributed by atoms with E-state index >= 15 is 0 Å². The standard InChI is InChI=1S/C16H25N3/c1-10(2)12(17)13-14(16(4,5)6)18-15-11(3)8-7-9-19(13)15/h7-10,12H,17H2,1-6H3. The summed E-state index contributed by atoms with van der Waals surface area (Å²) in [5.41, 5.74) is 10.9. The molecule has 1 atom stereocenters. The highest BCUT2D eigenvalue weighted by molar-refractivity contribution is 5.52. The van der Waals surface area contributed by atoms with Crippen LogP contribution in [0.5, 0.6) is 0 Å². The molecule has 0 saturated heterocycles. The first-order valence-electron chi connectivity index (χ1n) is 6.97. The minimum absolute atomic E-state index is 0.000301. The average Bonchev–Trinajstić information content (AvgIpc) is 2.68. The zero-order valence-electron chi connectivity index (χ0n) is 12.9. The first kappa shape index (κ1) is 14.1. The van der Waals surface area contributed by atoms with Gasteiger partial charge in [-0.15, -0.1) is 0 Å². The van der Waals surface area contributed by atoms with E-state index in [-0.39, 0.29) is 11.5 Å². The molecule has 2 heterocycles. The summed E-state index contributed by atoms with van der Waals surface area (Å²) in [4.78, 5) is 4.87. The molecule has 0 aliphatic heterocycles. The Hall–Kier alpha value is -1.35. The lowest BCUT2D eigenvalue weighted by Crippen LogP contribution is -2.24. The van der Waals surface area contributed by atoms with Gasteiger partial charge in [-0.3, -0.25) is 0 Å². The molecule has 2 rings (SSSR count). The van der Waals surface area contributed by atoms with Crippen LogP contribution in [0.15, 0.2) is 18.3 Å². The van der Waals surface area contributed by atoms with E-state index in [4.69, 9.17) is 10.7 Å². The summed E-state index contributed by atoms with van der Waals surface area (Å²) in [5.74, 6) is 0.390. The van der Waals surface area contributed by atoms with Crippen molar-refractivity contribution in [1.82, 2.24) is 9.38 Å².